The van der Waals surface area contributed by atoms with Crippen molar-refractivity contribution in [2.45, 2.75) is 52.0 Å². The molecule has 0 saturated heterocycles. The average molecular weight is 169 g/mol. The van der Waals surface area contributed by atoms with Crippen molar-refractivity contribution in [2.24, 2.45) is 5.92 Å². The molecular formula is C10H19NO. The van der Waals surface area contributed by atoms with Crippen LogP contribution in [0.15, 0.2) is 0 Å². The molecule has 0 amide bonds. The molecule has 0 spiro atoms. The fourth-order valence-corrected chi connectivity index (χ4v) is 1.66. The van der Waals surface area contributed by atoms with E-state index in [4.69, 9.17) is 0 Å². The van der Waals surface area contributed by atoms with Gasteiger partial charge in [0.15, 0.2) is 12.3 Å². The third-order valence-electron chi connectivity index (χ3n) is 2.52. The highest BCUT2D eigenvalue weighted by Crippen LogP contribution is 2.21. The van der Waals surface area contributed by atoms with E-state index >= 15 is 0 Å². The van der Waals surface area contributed by atoms with Gasteiger partial charge in [-0.1, -0.05) is 19.3 Å². The Balaban J connectivity index is 2.41. The van der Waals surface area contributed by atoms with E-state index in [1.54, 1.807) is 0 Å². The molecule has 1 aliphatic carbocycles. The van der Waals surface area contributed by atoms with Gasteiger partial charge in [-0.2, -0.15) is 0 Å². The lowest BCUT2D eigenvalue weighted by molar-refractivity contribution is -0.489. The minimum atomic E-state index is 0.104. The van der Waals surface area contributed by atoms with Crippen molar-refractivity contribution in [3.8, 4) is 0 Å². The zero-order chi connectivity index (χ0) is 8.97. The zero-order valence-electron chi connectivity index (χ0n) is 8.12. The van der Waals surface area contributed by atoms with Crippen molar-refractivity contribution in [2.75, 3.05) is 0 Å². The van der Waals surface area contributed by atoms with Crippen LogP contribution in [0.4, 0.5) is 0 Å². The Hall–Kier alpha value is -0.530. The Morgan fingerprint density at radius 1 is 1.25 bits per heavy atom. The molecule has 0 radical (unpaired) electrons. The summed E-state index contributed by atoms with van der Waals surface area (Å²) >= 11 is 0. The molecule has 1 saturated carbocycles. The Bertz CT molecular complexity index is 157. The SMILES string of the molecule is CC(C)/[N+]([O-])=C/C1CCCCC1. The summed E-state index contributed by atoms with van der Waals surface area (Å²) < 4.78 is 1.11. The Labute approximate surface area is 74.9 Å². The molecule has 1 rings (SSSR count). The van der Waals surface area contributed by atoms with E-state index in [2.05, 4.69) is 0 Å². The Morgan fingerprint density at radius 3 is 2.33 bits per heavy atom. The van der Waals surface area contributed by atoms with Gasteiger partial charge < -0.3 is 5.21 Å². The first kappa shape index (κ1) is 9.56. The van der Waals surface area contributed by atoms with Gasteiger partial charge in [-0.15, -0.1) is 0 Å². The maximum atomic E-state index is 11.3. The van der Waals surface area contributed by atoms with E-state index in [0.717, 1.165) is 4.74 Å². The number of hydrogen-bond acceptors (Lipinski definition) is 1. The second-order valence-corrected chi connectivity index (χ2v) is 4.00. The van der Waals surface area contributed by atoms with Crippen LogP contribution in [0.1, 0.15) is 46.0 Å². The van der Waals surface area contributed by atoms with Gasteiger partial charge in [0.2, 0.25) is 0 Å². The third kappa shape index (κ3) is 2.84. The van der Waals surface area contributed by atoms with Gasteiger partial charge in [0.05, 0.1) is 0 Å². The van der Waals surface area contributed by atoms with Crippen LogP contribution in [0.2, 0.25) is 0 Å². The molecule has 0 bridgehead atoms. The fraction of sp³-hybridized carbons (Fsp3) is 0.900. The van der Waals surface area contributed by atoms with E-state index in [0.29, 0.717) is 5.92 Å². The summed E-state index contributed by atoms with van der Waals surface area (Å²) in [6.07, 6.45) is 8.26. The maximum absolute atomic E-state index is 11.3. The molecule has 70 valence electrons. The first-order valence-electron chi connectivity index (χ1n) is 5.00. The van der Waals surface area contributed by atoms with Crippen LogP contribution in [-0.2, 0) is 0 Å². The van der Waals surface area contributed by atoms with Crippen molar-refractivity contribution in [1.82, 2.24) is 0 Å². The van der Waals surface area contributed by atoms with Crippen molar-refractivity contribution < 1.29 is 4.74 Å². The van der Waals surface area contributed by atoms with Gasteiger partial charge in [0.25, 0.3) is 0 Å². The van der Waals surface area contributed by atoms with Crippen LogP contribution in [0.3, 0.4) is 0 Å². The number of nitrogens with zero attached hydrogens (tertiary/aromatic N) is 1. The summed E-state index contributed by atoms with van der Waals surface area (Å²) in [5.41, 5.74) is 0. The quantitative estimate of drug-likeness (QED) is 0.270. The minimum Gasteiger partial charge on any atom is -0.624 e. The lowest BCUT2D eigenvalue weighted by Gasteiger charge is -2.17. The Kier molecular flexibility index (Phi) is 3.57. The van der Waals surface area contributed by atoms with Crippen LogP contribution in [0.25, 0.3) is 0 Å². The molecule has 2 nitrogen and oxygen atoms in total. The summed E-state index contributed by atoms with van der Waals surface area (Å²) in [6.45, 7) is 3.87. The summed E-state index contributed by atoms with van der Waals surface area (Å²) in [4.78, 5) is 0. The number of rotatable bonds is 2. The molecule has 2 heteroatoms. The molecule has 1 aliphatic rings. The van der Waals surface area contributed by atoms with Gasteiger partial charge in [-0.05, 0) is 26.7 Å². The summed E-state index contributed by atoms with van der Waals surface area (Å²) in [5.74, 6) is 0.554. The largest absolute Gasteiger partial charge is 0.624 e. The van der Waals surface area contributed by atoms with Crippen LogP contribution < -0.4 is 0 Å². The lowest BCUT2D eigenvalue weighted by atomic mass is 9.90. The standard InChI is InChI=1S/C10H19NO/c1-9(2)11(12)8-10-6-4-3-5-7-10/h8-10H,3-7H2,1-2H3/b11-8-. The molecule has 0 aromatic rings. The first-order valence-corrected chi connectivity index (χ1v) is 5.00. The maximum Gasteiger partial charge on any atom is 0.157 e. The molecule has 0 atom stereocenters. The predicted octanol–water partition coefficient (Wildman–Crippen LogP) is 2.56. The highest BCUT2D eigenvalue weighted by atomic mass is 16.5. The van der Waals surface area contributed by atoms with E-state index < -0.39 is 0 Å². The van der Waals surface area contributed by atoms with E-state index in [-0.39, 0.29) is 6.04 Å². The van der Waals surface area contributed by atoms with E-state index in [1.807, 2.05) is 20.1 Å². The topological polar surface area (TPSA) is 26.1 Å². The molecule has 12 heavy (non-hydrogen) atoms. The summed E-state index contributed by atoms with van der Waals surface area (Å²) in [7, 11) is 0. The van der Waals surface area contributed by atoms with Crippen molar-refractivity contribution in [3.05, 3.63) is 5.21 Å². The smallest absolute Gasteiger partial charge is 0.157 e. The van der Waals surface area contributed by atoms with Gasteiger partial charge in [-0.3, -0.25) is 0 Å². The highest BCUT2D eigenvalue weighted by Gasteiger charge is 2.14. The molecule has 0 aliphatic heterocycles. The molecule has 0 unspecified atom stereocenters. The van der Waals surface area contributed by atoms with Crippen LogP contribution in [-0.4, -0.2) is 17.0 Å². The Morgan fingerprint density at radius 2 is 1.83 bits per heavy atom. The van der Waals surface area contributed by atoms with Gasteiger partial charge in [-0.25, -0.2) is 4.74 Å². The second-order valence-electron chi connectivity index (χ2n) is 4.00. The lowest BCUT2D eigenvalue weighted by Crippen LogP contribution is -2.20. The van der Waals surface area contributed by atoms with Gasteiger partial charge in [0, 0.05) is 5.92 Å². The number of hydroxylamine groups is 1. The molecule has 0 N–H and O–H groups in total. The van der Waals surface area contributed by atoms with Crippen LogP contribution >= 0.6 is 0 Å². The van der Waals surface area contributed by atoms with Crippen LogP contribution in [0, 0.1) is 11.1 Å². The first-order chi connectivity index (χ1) is 5.70. The van der Waals surface area contributed by atoms with Crippen molar-refractivity contribution in [3.63, 3.8) is 0 Å². The minimum absolute atomic E-state index is 0.104. The molecule has 0 aromatic carbocycles. The van der Waals surface area contributed by atoms with Crippen LogP contribution in [0.5, 0.6) is 0 Å². The molecule has 1 fully saturated rings. The van der Waals surface area contributed by atoms with E-state index in [9.17, 15) is 5.21 Å². The van der Waals surface area contributed by atoms with Gasteiger partial charge in [0.1, 0.15) is 0 Å². The fourth-order valence-electron chi connectivity index (χ4n) is 1.66. The molecule has 0 aromatic heterocycles. The molecule has 0 heterocycles. The molecular weight excluding hydrogens is 150 g/mol. The average Bonchev–Trinajstić information content (AvgIpc) is 2.06. The van der Waals surface area contributed by atoms with Crippen molar-refractivity contribution >= 4 is 6.21 Å². The van der Waals surface area contributed by atoms with Crippen molar-refractivity contribution in [1.29, 1.82) is 0 Å². The van der Waals surface area contributed by atoms with E-state index in [1.165, 1.54) is 32.1 Å². The third-order valence-corrected chi connectivity index (χ3v) is 2.52. The summed E-state index contributed by atoms with van der Waals surface area (Å²) in [5, 5.41) is 11.3. The normalized spacial score (nSPS) is 21.8. The van der Waals surface area contributed by atoms with Gasteiger partial charge >= 0.3 is 0 Å². The highest BCUT2D eigenvalue weighted by molar-refractivity contribution is 5.55. The summed E-state index contributed by atoms with van der Waals surface area (Å²) in [6, 6.07) is 0.104. The second kappa shape index (κ2) is 4.48. The monoisotopic (exact) mass is 169 g/mol. The zero-order valence-corrected chi connectivity index (χ0v) is 8.12. The predicted molar refractivity (Wildman–Crippen MR) is 51.4 cm³/mol. The number of hydrogen-bond donors (Lipinski definition) is 0.